The van der Waals surface area contributed by atoms with Crippen LogP contribution in [0.5, 0.6) is 0 Å². The topological polar surface area (TPSA) is 64.7 Å². The molecule has 0 aliphatic carbocycles. The van der Waals surface area contributed by atoms with Gasteiger partial charge in [0.05, 0.1) is 13.1 Å². The lowest BCUT2D eigenvalue weighted by Gasteiger charge is -2.34. The second kappa shape index (κ2) is 10.0. The van der Waals surface area contributed by atoms with Gasteiger partial charge in [-0.25, -0.2) is 0 Å². The molecule has 1 aliphatic rings. The van der Waals surface area contributed by atoms with Crippen LogP contribution in [-0.4, -0.2) is 66.9 Å². The molecule has 0 radical (unpaired) electrons. The zero-order valence-electron chi connectivity index (χ0n) is 18.0. The summed E-state index contributed by atoms with van der Waals surface area (Å²) in [4.78, 5) is 28.6. The summed E-state index contributed by atoms with van der Waals surface area (Å²) in [6.07, 6.45) is 0.938. The van der Waals surface area contributed by atoms with Crippen molar-refractivity contribution in [1.29, 1.82) is 0 Å². The molecule has 156 valence electrons. The Morgan fingerprint density at radius 2 is 1.46 bits per heavy atom. The number of piperazine rings is 1. The Hall–Kier alpha value is -1.92. The molecule has 6 heteroatoms. The van der Waals surface area contributed by atoms with E-state index in [0.717, 1.165) is 38.3 Å². The molecular weight excluding hydrogens is 352 g/mol. The van der Waals surface area contributed by atoms with Crippen molar-refractivity contribution in [2.75, 3.05) is 44.6 Å². The Bertz CT molecular complexity index is 643. The van der Waals surface area contributed by atoms with Gasteiger partial charge >= 0.3 is 0 Å². The molecular formula is C22H36N4O2. The van der Waals surface area contributed by atoms with E-state index in [9.17, 15) is 9.59 Å². The minimum atomic E-state index is 0.00599. The number of carbonyl (C=O) groups excluding carboxylic acids is 2. The Labute approximate surface area is 169 Å². The number of amides is 2. The van der Waals surface area contributed by atoms with Crippen LogP contribution in [0, 0.1) is 0 Å². The summed E-state index contributed by atoms with van der Waals surface area (Å²) in [6.45, 7) is 14.6. The maximum atomic E-state index is 12.3. The standard InChI is InChI=1S/C22H36N4O2/c1-6-17(2)23-20(27)15-25-11-13-26(14-12-25)16-21(28)24-19-9-7-18(8-10-19)22(3,4)5/h7-10,17H,6,11-16H2,1-5H3,(H,23,27)(H,24,28). The number of rotatable bonds is 7. The lowest BCUT2D eigenvalue weighted by atomic mass is 9.87. The van der Waals surface area contributed by atoms with Gasteiger partial charge in [0.25, 0.3) is 0 Å². The number of carbonyl (C=O) groups is 2. The highest BCUT2D eigenvalue weighted by atomic mass is 16.2. The van der Waals surface area contributed by atoms with Crippen LogP contribution >= 0.6 is 0 Å². The zero-order chi connectivity index (χ0) is 20.7. The predicted molar refractivity (Wildman–Crippen MR) is 115 cm³/mol. The monoisotopic (exact) mass is 388 g/mol. The fourth-order valence-electron chi connectivity index (χ4n) is 3.19. The Morgan fingerprint density at radius 1 is 0.964 bits per heavy atom. The smallest absolute Gasteiger partial charge is 0.238 e. The van der Waals surface area contributed by atoms with Crippen molar-refractivity contribution in [2.24, 2.45) is 0 Å². The van der Waals surface area contributed by atoms with E-state index in [-0.39, 0.29) is 23.3 Å². The highest BCUT2D eigenvalue weighted by Gasteiger charge is 2.21. The molecule has 0 saturated carbocycles. The summed E-state index contributed by atoms with van der Waals surface area (Å²) in [6, 6.07) is 8.28. The van der Waals surface area contributed by atoms with Crippen LogP contribution in [0.1, 0.15) is 46.6 Å². The maximum absolute atomic E-state index is 12.3. The normalized spacial score (nSPS) is 17.2. The van der Waals surface area contributed by atoms with E-state index in [0.29, 0.717) is 13.1 Å². The Balaban J connectivity index is 1.72. The number of hydrogen-bond acceptors (Lipinski definition) is 4. The second-order valence-electron chi connectivity index (χ2n) is 8.80. The average Bonchev–Trinajstić information content (AvgIpc) is 2.62. The summed E-state index contributed by atoms with van der Waals surface area (Å²) in [5, 5.41) is 5.98. The third kappa shape index (κ3) is 7.24. The van der Waals surface area contributed by atoms with Gasteiger partial charge in [-0.05, 0) is 36.5 Å². The van der Waals surface area contributed by atoms with Gasteiger partial charge in [0.2, 0.25) is 11.8 Å². The van der Waals surface area contributed by atoms with E-state index in [2.05, 4.69) is 60.3 Å². The first-order chi connectivity index (χ1) is 13.2. The van der Waals surface area contributed by atoms with Crippen molar-refractivity contribution < 1.29 is 9.59 Å². The van der Waals surface area contributed by atoms with Gasteiger partial charge in [0, 0.05) is 37.9 Å². The summed E-state index contributed by atoms with van der Waals surface area (Å²) >= 11 is 0. The molecule has 6 nitrogen and oxygen atoms in total. The molecule has 2 amide bonds. The minimum Gasteiger partial charge on any atom is -0.353 e. The van der Waals surface area contributed by atoms with Gasteiger partial charge in [0.1, 0.15) is 0 Å². The first-order valence-electron chi connectivity index (χ1n) is 10.3. The van der Waals surface area contributed by atoms with Gasteiger partial charge in [-0.1, -0.05) is 39.8 Å². The summed E-state index contributed by atoms with van der Waals surface area (Å²) in [7, 11) is 0. The van der Waals surface area contributed by atoms with Crippen LogP contribution in [0.2, 0.25) is 0 Å². The molecule has 1 fully saturated rings. The average molecular weight is 389 g/mol. The van der Waals surface area contributed by atoms with Gasteiger partial charge in [0.15, 0.2) is 0 Å². The first-order valence-corrected chi connectivity index (χ1v) is 10.3. The highest BCUT2D eigenvalue weighted by Crippen LogP contribution is 2.23. The molecule has 0 spiro atoms. The third-order valence-electron chi connectivity index (χ3n) is 5.25. The SMILES string of the molecule is CCC(C)NC(=O)CN1CCN(CC(=O)Nc2ccc(C(C)(C)C)cc2)CC1. The second-order valence-corrected chi connectivity index (χ2v) is 8.80. The molecule has 1 aliphatic heterocycles. The van der Waals surface area contributed by atoms with E-state index in [4.69, 9.17) is 0 Å². The minimum absolute atomic E-state index is 0.00599. The number of hydrogen-bond donors (Lipinski definition) is 2. The molecule has 1 unspecified atom stereocenters. The van der Waals surface area contributed by atoms with Crippen LogP contribution in [0.15, 0.2) is 24.3 Å². The molecule has 0 aromatic heterocycles. The molecule has 1 aromatic rings. The molecule has 1 aromatic carbocycles. The largest absolute Gasteiger partial charge is 0.353 e. The summed E-state index contributed by atoms with van der Waals surface area (Å²) in [5.41, 5.74) is 2.19. The van der Waals surface area contributed by atoms with Crippen LogP contribution in [0.3, 0.4) is 0 Å². The number of benzene rings is 1. The van der Waals surface area contributed by atoms with Crippen LogP contribution in [0.4, 0.5) is 5.69 Å². The Morgan fingerprint density at radius 3 is 1.93 bits per heavy atom. The van der Waals surface area contributed by atoms with E-state index in [1.807, 2.05) is 19.1 Å². The molecule has 2 N–H and O–H groups in total. The fourth-order valence-corrected chi connectivity index (χ4v) is 3.19. The third-order valence-corrected chi connectivity index (χ3v) is 5.25. The van der Waals surface area contributed by atoms with Gasteiger partial charge in [-0.15, -0.1) is 0 Å². The molecule has 1 atom stereocenters. The zero-order valence-corrected chi connectivity index (χ0v) is 18.0. The van der Waals surface area contributed by atoms with Gasteiger partial charge in [-0.3, -0.25) is 19.4 Å². The van der Waals surface area contributed by atoms with Gasteiger partial charge in [-0.2, -0.15) is 0 Å². The van der Waals surface area contributed by atoms with E-state index in [1.54, 1.807) is 0 Å². The molecule has 1 saturated heterocycles. The quantitative estimate of drug-likeness (QED) is 0.753. The number of nitrogens with one attached hydrogen (secondary N) is 2. The van der Waals surface area contributed by atoms with Crippen molar-refractivity contribution in [3.63, 3.8) is 0 Å². The Kier molecular flexibility index (Phi) is 8.01. The van der Waals surface area contributed by atoms with Crippen molar-refractivity contribution in [2.45, 2.75) is 52.5 Å². The number of anilines is 1. The van der Waals surface area contributed by atoms with Crippen LogP contribution < -0.4 is 10.6 Å². The van der Waals surface area contributed by atoms with Crippen LogP contribution in [0.25, 0.3) is 0 Å². The summed E-state index contributed by atoms with van der Waals surface area (Å²) in [5.74, 6) is 0.0886. The molecule has 0 bridgehead atoms. The van der Waals surface area contributed by atoms with Crippen molar-refractivity contribution in [3.8, 4) is 0 Å². The van der Waals surface area contributed by atoms with E-state index < -0.39 is 0 Å². The summed E-state index contributed by atoms with van der Waals surface area (Å²) < 4.78 is 0. The lowest BCUT2D eigenvalue weighted by molar-refractivity contribution is -0.124. The lowest BCUT2D eigenvalue weighted by Crippen LogP contribution is -2.51. The molecule has 2 rings (SSSR count). The molecule has 28 heavy (non-hydrogen) atoms. The fraction of sp³-hybridized carbons (Fsp3) is 0.636. The highest BCUT2D eigenvalue weighted by molar-refractivity contribution is 5.92. The first kappa shape index (κ1) is 22.4. The van der Waals surface area contributed by atoms with Gasteiger partial charge < -0.3 is 10.6 Å². The predicted octanol–water partition coefficient (Wildman–Crippen LogP) is 2.45. The van der Waals surface area contributed by atoms with Crippen LogP contribution in [-0.2, 0) is 15.0 Å². The van der Waals surface area contributed by atoms with Crippen molar-refractivity contribution in [3.05, 3.63) is 29.8 Å². The molecule has 1 heterocycles. The van der Waals surface area contributed by atoms with Crippen molar-refractivity contribution in [1.82, 2.24) is 15.1 Å². The number of nitrogens with zero attached hydrogens (tertiary/aromatic N) is 2. The van der Waals surface area contributed by atoms with E-state index >= 15 is 0 Å². The van der Waals surface area contributed by atoms with Crippen molar-refractivity contribution >= 4 is 17.5 Å². The van der Waals surface area contributed by atoms with E-state index in [1.165, 1.54) is 5.56 Å². The maximum Gasteiger partial charge on any atom is 0.238 e.